The average molecular weight is 426 g/mol. The molecule has 0 bridgehead atoms. The Morgan fingerprint density at radius 3 is 2.00 bits per heavy atom. The zero-order valence-corrected chi connectivity index (χ0v) is 19.0. The van der Waals surface area contributed by atoms with Crippen molar-refractivity contribution in [1.82, 2.24) is 9.80 Å². The van der Waals surface area contributed by atoms with Crippen LogP contribution in [0.5, 0.6) is 0 Å². The molecule has 0 aliphatic carbocycles. The fraction of sp³-hybridized carbons (Fsp3) is 0.417. The summed E-state index contributed by atoms with van der Waals surface area (Å²) in [6, 6.07) is 16.7. The summed E-state index contributed by atoms with van der Waals surface area (Å²) in [5, 5.41) is 3.03. The van der Waals surface area contributed by atoms with Gasteiger partial charge in [-0.1, -0.05) is 37.7 Å². The van der Waals surface area contributed by atoms with Crippen molar-refractivity contribution >= 4 is 29.4 Å². The molecule has 160 valence electrons. The standard InChI is InChI=1S/C24H31N3O2S/c1-17(2)18-5-9-21(10-6-18)30-22-11-7-20(8-12-22)25-23(28)19-13-15-27(16-14-19)24(29)26(3)4/h5-12,17,19H,13-16H2,1-4H3,(H,25,28). The summed E-state index contributed by atoms with van der Waals surface area (Å²) in [6.07, 6.45) is 1.40. The molecule has 3 amide bonds. The van der Waals surface area contributed by atoms with E-state index in [1.54, 1.807) is 30.8 Å². The van der Waals surface area contributed by atoms with E-state index in [0.717, 1.165) is 10.6 Å². The molecule has 1 fully saturated rings. The fourth-order valence-electron chi connectivity index (χ4n) is 3.52. The van der Waals surface area contributed by atoms with Gasteiger partial charge in [-0.25, -0.2) is 4.79 Å². The molecule has 3 rings (SSSR count). The Morgan fingerprint density at radius 1 is 0.967 bits per heavy atom. The molecule has 0 unspecified atom stereocenters. The Bertz CT molecular complexity index is 855. The summed E-state index contributed by atoms with van der Waals surface area (Å²) in [4.78, 5) is 30.4. The first kappa shape index (κ1) is 22.2. The van der Waals surface area contributed by atoms with Crippen molar-refractivity contribution in [3.63, 3.8) is 0 Å². The molecule has 1 N–H and O–H groups in total. The summed E-state index contributed by atoms with van der Waals surface area (Å²) < 4.78 is 0. The quantitative estimate of drug-likeness (QED) is 0.708. The third-order valence-corrected chi connectivity index (χ3v) is 6.44. The maximum absolute atomic E-state index is 12.6. The molecule has 0 atom stereocenters. The third kappa shape index (κ3) is 5.79. The molecule has 2 aromatic rings. The minimum atomic E-state index is -0.0512. The Balaban J connectivity index is 1.50. The second-order valence-corrected chi connectivity index (χ2v) is 9.42. The monoisotopic (exact) mass is 425 g/mol. The van der Waals surface area contributed by atoms with E-state index in [2.05, 4.69) is 43.4 Å². The van der Waals surface area contributed by atoms with E-state index in [0.29, 0.717) is 31.8 Å². The zero-order valence-electron chi connectivity index (χ0n) is 18.2. The van der Waals surface area contributed by atoms with Crippen LogP contribution in [0.3, 0.4) is 0 Å². The van der Waals surface area contributed by atoms with Crippen LogP contribution in [-0.4, -0.2) is 48.9 Å². The lowest BCUT2D eigenvalue weighted by atomic mass is 9.96. The van der Waals surface area contributed by atoms with Crippen LogP contribution < -0.4 is 5.32 Å². The summed E-state index contributed by atoms with van der Waals surface area (Å²) in [5.74, 6) is 0.522. The Morgan fingerprint density at radius 2 is 1.50 bits per heavy atom. The number of benzene rings is 2. The van der Waals surface area contributed by atoms with Crippen LogP contribution >= 0.6 is 11.8 Å². The van der Waals surface area contributed by atoms with Gasteiger partial charge in [0.1, 0.15) is 0 Å². The predicted octanol–water partition coefficient (Wildman–Crippen LogP) is 5.29. The Labute approximate surface area is 183 Å². The number of carbonyl (C=O) groups excluding carboxylic acids is 2. The van der Waals surface area contributed by atoms with Gasteiger partial charge < -0.3 is 15.1 Å². The fourth-order valence-corrected chi connectivity index (χ4v) is 4.34. The lowest BCUT2D eigenvalue weighted by molar-refractivity contribution is -0.121. The second-order valence-electron chi connectivity index (χ2n) is 8.28. The van der Waals surface area contributed by atoms with Gasteiger partial charge in [0.2, 0.25) is 5.91 Å². The van der Waals surface area contributed by atoms with Crippen LogP contribution in [0.15, 0.2) is 58.3 Å². The van der Waals surface area contributed by atoms with Crippen molar-refractivity contribution in [1.29, 1.82) is 0 Å². The van der Waals surface area contributed by atoms with Crippen LogP contribution in [0.4, 0.5) is 10.5 Å². The average Bonchev–Trinajstić information content (AvgIpc) is 2.75. The molecule has 1 heterocycles. The van der Waals surface area contributed by atoms with Gasteiger partial charge in [0, 0.05) is 48.6 Å². The number of nitrogens with one attached hydrogen (secondary N) is 1. The first-order valence-corrected chi connectivity index (χ1v) is 11.3. The van der Waals surface area contributed by atoms with Gasteiger partial charge in [-0.3, -0.25) is 4.79 Å². The van der Waals surface area contributed by atoms with E-state index in [-0.39, 0.29) is 17.9 Å². The number of rotatable bonds is 5. The molecular weight excluding hydrogens is 394 g/mol. The molecule has 1 saturated heterocycles. The number of nitrogens with zero attached hydrogens (tertiary/aromatic N) is 2. The zero-order chi connectivity index (χ0) is 21.7. The largest absolute Gasteiger partial charge is 0.331 e. The van der Waals surface area contributed by atoms with Crippen LogP contribution in [-0.2, 0) is 4.79 Å². The molecule has 6 heteroatoms. The van der Waals surface area contributed by atoms with Crippen molar-refractivity contribution in [3.8, 4) is 0 Å². The number of hydrogen-bond acceptors (Lipinski definition) is 3. The highest BCUT2D eigenvalue weighted by molar-refractivity contribution is 7.99. The molecular formula is C24H31N3O2S. The van der Waals surface area contributed by atoms with Gasteiger partial charge in [-0.15, -0.1) is 0 Å². The van der Waals surface area contributed by atoms with Gasteiger partial charge in [0.15, 0.2) is 0 Å². The number of urea groups is 1. The van der Waals surface area contributed by atoms with Crippen molar-refractivity contribution in [2.45, 2.75) is 42.4 Å². The van der Waals surface area contributed by atoms with E-state index in [1.165, 1.54) is 10.5 Å². The van der Waals surface area contributed by atoms with Gasteiger partial charge in [-0.05, 0) is 60.7 Å². The molecule has 1 aliphatic heterocycles. The Hall–Kier alpha value is -2.47. The number of hydrogen-bond donors (Lipinski definition) is 1. The third-order valence-electron chi connectivity index (χ3n) is 5.42. The molecule has 0 spiro atoms. The highest BCUT2D eigenvalue weighted by Gasteiger charge is 2.27. The lowest BCUT2D eigenvalue weighted by Crippen LogP contribution is -2.45. The second kappa shape index (κ2) is 10.0. The van der Waals surface area contributed by atoms with Crippen molar-refractivity contribution in [2.24, 2.45) is 5.92 Å². The van der Waals surface area contributed by atoms with Gasteiger partial charge in [0.25, 0.3) is 0 Å². The molecule has 5 nitrogen and oxygen atoms in total. The van der Waals surface area contributed by atoms with Gasteiger partial charge in [-0.2, -0.15) is 0 Å². The van der Waals surface area contributed by atoms with E-state index in [9.17, 15) is 9.59 Å². The van der Waals surface area contributed by atoms with E-state index >= 15 is 0 Å². The van der Waals surface area contributed by atoms with Crippen molar-refractivity contribution in [3.05, 3.63) is 54.1 Å². The molecule has 0 radical (unpaired) electrons. The summed E-state index contributed by atoms with van der Waals surface area (Å²) in [6.45, 7) is 5.64. The smallest absolute Gasteiger partial charge is 0.319 e. The normalized spacial score (nSPS) is 14.6. The Kier molecular flexibility index (Phi) is 7.43. The number of amides is 3. The summed E-state index contributed by atoms with van der Waals surface area (Å²) in [7, 11) is 3.51. The van der Waals surface area contributed by atoms with Crippen LogP contribution in [0.1, 0.15) is 38.2 Å². The first-order valence-electron chi connectivity index (χ1n) is 10.5. The maximum Gasteiger partial charge on any atom is 0.319 e. The van der Waals surface area contributed by atoms with Crippen molar-refractivity contribution < 1.29 is 9.59 Å². The first-order chi connectivity index (χ1) is 14.3. The number of likely N-dealkylation sites (tertiary alicyclic amines) is 1. The number of anilines is 1. The molecule has 0 aromatic heterocycles. The van der Waals surface area contributed by atoms with Crippen molar-refractivity contribution in [2.75, 3.05) is 32.5 Å². The summed E-state index contributed by atoms with van der Waals surface area (Å²) in [5.41, 5.74) is 2.15. The van der Waals surface area contributed by atoms with Crippen LogP contribution in [0.2, 0.25) is 0 Å². The molecule has 30 heavy (non-hydrogen) atoms. The molecule has 0 saturated carbocycles. The SMILES string of the molecule is CC(C)c1ccc(Sc2ccc(NC(=O)C3CCN(C(=O)N(C)C)CC3)cc2)cc1. The van der Waals surface area contributed by atoms with Gasteiger partial charge in [0.05, 0.1) is 0 Å². The number of piperidine rings is 1. The van der Waals surface area contributed by atoms with E-state index in [1.807, 2.05) is 29.2 Å². The lowest BCUT2D eigenvalue weighted by Gasteiger charge is -2.33. The van der Waals surface area contributed by atoms with E-state index < -0.39 is 0 Å². The van der Waals surface area contributed by atoms with Gasteiger partial charge >= 0.3 is 6.03 Å². The topological polar surface area (TPSA) is 52.7 Å². The number of carbonyl (C=O) groups is 2. The summed E-state index contributed by atoms with van der Waals surface area (Å²) >= 11 is 1.71. The highest BCUT2D eigenvalue weighted by atomic mass is 32.2. The maximum atomic E-state index is 12.6. The van der Waals surface area contributed by atoms with E-state index in [4.69, 9.17) is 0 Å². The minimum absolute atomic E-state index is 0.0146. The molecule has 1 aliphatic rings. The molecule has 2 aromatic carbocycles. The van der Waals surface area contributed by atoms with Crippen LogP contribution in [0, 0.1) is 5.92 Å². The van der Waals surface area contributed by atoms with Crippen LogP contribution in [0.25, 0.3) is 0 Å². The highest BCUT2D eigenvalue weighted by Crippen LogP contribution is 2.30. The predicted molar refractivity (Wildman–Crippen MR) is 123 cm³/mol. The minimum Gasteiger partial charge on any atom is -0.331 e.